The fourth-order valence-corrected chi connectivity index (χ4v) is 1.64. The SMILES string of the molecule is COC(C)CNc1cc2ccccc2c(=O)[nH]1. The number of fused-ring (bicyclic) bond motifs is 1. The Morgan fingerprint density at radius 2 is 2.18 bits per heavy atom. The molecular formula is C13H16N2O2. The van der Waals surface area contributed by atoms with Gasteiger partial charge in [0.15, 0.2) is 0 Å². The molecule has 0 spiro atoms. The Morgan fingerprint density at radius 1 is 1.41 bits per heavy atom. The van der Waals surface area contributed by atoms with Gasteiger partial charge in [-0.05, 0) is 24.4 Å². The summed E-state index contributed by atoms with van der Waals surface area (Å²) in [7, 11) is 1.66. The Balaban J connectivity index is 2.28. The van der Waals surface area contributed by atoms with E-state index in [1.807, 2.05) is 37.3 Å². The van der Waals surface area contributed by atoms with Crippen molar-refractivity contribution in [1.29, 1.82) is 0 Å². The van der Waals surface area contributed by atoms with Gasteiger partial charge in [-0.15, -0.1) is 0 Å². The number of aromatic nitrogens is 1. The third-order valence-electron chi connectivity index (χ3n) is 2.74. The van der Waals surface area contributed by atoms with Crippen molar-refractivity contribution in [2.24, 2.45) is 0 Å². The van der Waals surface area contributed by atoms with Crippen molar-refractivity contribution in [3.63, 3.8) is 0 Å². The third kappa shape index (κ3) is 2.65. The lowest BCUT2D eigenvalue weighted by Crippen LogP contribution is -2.20. The van der Waals surface area contributed by atoms with Gasteiger partial charge in [0.1, 0.15) is 5.82 Å². The van der Waals surface area contributed by atoms with Crippen molar-refractivity contribution >= 4 is 16.6 Å². The molecule has 1 unspecified atom stereocenters. The lowest BCUT2D eigenvalue weighted by Gasteiger charge is -2.12. The summed E-state index contributed by atoms with van der Waals surface area (Å²) in [6.45, 7) is 2.62. The van der Waals surface area contributed by atoms with Gasteiger partial charge in [0.05, 0.1) is 6.10 Å². The number of pyridine rings is 1. The molecule has 0 amide bonds. The maximum absolute atomic E-state index is 11.8. The highest BCUT2D eigenvalue weighted by atomic mass is 16.5. The molecule has 2 aromatic rings. The van der Waals surface area contributed by atoms with E-state index in [9.17, 15) is 4.79 Å². The van der Waals surface area contributed by atoms with Gasteiger partial charge < -0.3 is 15.0 Å². The van der Waals surface area contributed by atoms with Gasteiger partial charge in [-0.1, -0.05) is 18.2 Å². The van der Waals surface area contributed by atoms with Crippen LogP contribution in [0.3, 0.4) is 0 Å². The van der Waals surface area contributed by atoms with Crippen LogP contribution in [-0.4, -0.2) is 24.7 Å². The Kier molecular flexibility index (Phi) is 3.44. The van der Waals surface area contributed by atoms with E-state index in [1.54, 1.807) is 7.11 Å². The molecule has 90 valence electrons. The second-order valence-electron chi connectivity index (χ2n) is 4.03. The van der Waals surface area contributed by atoms with E-state index in [1.165, 1.54) is 0 Å². The number of nitrogens with one attached hydrogen (secondary N) is 2. The summed E-state index contributed by atoms with van der Waals surface area (Å²) in [6.07, 6.45) is 0.102. The number of H-pyrrole nitrogens is 1. The molecular weight excluding hydrogens is 216 g/mol. The first-order chi connectivity index (χ1) is 8.20. The van der Waals surface area contributed by atoms with Crippen LogP contribution in [0.2, 0.25) is 0 Å². The molecule has 0 saturated heterocycles. The number of methoxy groups -OCH3 is 1. The maximum Gasteiger partial charge on any atom is 0.257 e. The van der Waals surface area contributed by atoms with Gasteiger partial charge in [-0.2, -0.15) is 0 Å². The van der Waals surface area contributed by atoms with Crippen LogP contribution in [0.1, 0.15) is 6.92 Å². The summed E-state index contributed by atoms with van der Waals surface area (Å²) < 4.78 is 5.14. The highest BCUT2D eigenvalue weighted by molar-refractivity contribution is 5.83. The van der Waals surface area contributed by atoms with Crippen molar-refractivity contribution in [1.82, 2.24) is 4.98 Å². The van der Waals surface area contributed by atoms with Crippen molar-refractivity contribution in [2.45, 2.75) is 13.0 Å². The molecule has 1 atom stereocenters. The molecule has 4 heteroatoms. The Labute approximate surface area is 99.6 Å². The van der Waals surface area contributed by atoms with E-state index in [4.69, 9.17) is 4.74 Å². The number of hydrogen-bond acceptors (Lipinski definition) is 3. The smallest absolute Gasteiger partial charge is 0.257 e. The first-order valence-electron chi connectivity index (χ1n) is 5.59. The highest BCUT2D eigenvalue weighted by Crippen LogP contribution is 2.12. The fraction of sp³-hybridized carbons (Fsp3) is 0.308. The lowest BCUT2D eigenvalue weighted by molar-refractivity contribution is 0.128. The molecule has 0 bridgehead atoms. The molecule has 0 saturated carbocycles. The first-order valence-corrected chi connectivity index (χ1v) is 5.59. The molecule has 1 heterocycles. The normalized spacial score (nSPS) is 12.6. The summed E-state index contributed by atoms with van der Waals surface area (Å²) in [5, 5.41) is 4.79. The number of hydrogen-bond donors (Lipinski definition) is 2. The monoisotopic (exact) mass is 232 g/mol. The maximum atomic E-state index is 11.8. The van der Waals surface area contributed by atoms with Crippen LogP contribution >= 0.6 is 0 Å². The van der Waals surface area contributed by atoms with Crippen molar-refractivity contribution in [3.05, 3.63) is 40.7 Å². The summed E-state index contributed by atoms with van der Waals surface area (Å²) in [5.41, 5.74) is -0.0735. The standard InChI is InChI=1S/C13H16N2O2/c1-9(17-2)8-14-12-7-10-5-3-4-6-11(10)13(16)15-12/h3-7,9H,8H2,1-2H3,(H2,14,15,16). The fourth-order valence-electron chi connectivity index (χ4n) is 1.64. The molecule has 0 aliphatic carbocycles. The minimum atomic E-state index is -0.0735. The molecule has 2 N–H and O–H groups in total. The first kappa shape index (κ1) is 11.7. The molecule has 0 aliphatic rings. The molecule has 17 heavy (non-hydrogen) atoms. The van der Waals surface area contributed by atoms with Gasteiger partial charge in [0, 0.05) is 19.0 Å². The zero-order chi connectivity index (χ0) is 12.3. The van der Waals surface area contributed by atoms with Crippen LogP contribution in [0.5, 0.6) is 0 Å². The van der Waals surface area contributed by atoms with Crippen molar-refractivity contribution in [2.75, 3.05) is 19.0 Å². The average molecular weight is 232 g/mol. The quantitative estimate of drug-likeness (QED) is 0.847. The molecule has 0 fully saturated rings. The van der Waals surface area contributed by atoms with Gasteiger partial charge in [0.2, 0.25) is 0 Å². The number of aromatic amines is 1. The molecule has 4 nitrogen and oxygen atoms in total. The average Bonchev–Trinajstić information content (AvgIpc) is 2.36. The largest absolute Gasteiger partial charge is 0.380 e. The van der Waals surface area contributed by atoms with E-state index < -0.39 is 0 Å². The summed E-state index contributed by atoms with van der Waals surface area (Å²) in [4.78, 5) is 14.6. The Hall–Kier alpha value is -1.81. The third-order valence-corrected chi connectivity index (χ3v) is 2.74. The van der Waals surface area contributed by atoms with E-state index in [0.29, 0.717) is 11.9 Å². The van der Waals surface area contributed by atoms with Crippen molar-refractivity contribution < 1.29 is 4.74 Å². The molecule has 2 rings (SSSR count). The second-order valence-corrected chi connectivity index (χ2v) is 4.03. The Bertz CT molecular complexity index is 563. The van der Waals surface area contributed by atoms with Crippen LogP contribution in [0.4, 0.5) is 5.82 Å². The number of ether oxygens (including phenoxy) is 1. The van der Waals surface area contributed by atoms with Gasteiger partial charge in [-0.25, -0.2) is 0 Å². The van der Waals surface area contributed by atoms with Crippen LogP contribution in [-0.2, 0) is 4.74 Å². The van der Waals surface area contributed by atoms with Gasteiger partial charge >= 0.3 is 0 Å². The van der Waals surface area contributed by atoms with E-state index in [0.717, 1.165) is 11.2 Å². The van der Waals surface area contributed by atoms with Crippen LogP contribution in [0.15, 0.2) is 35.1 Å². The highest BCUT2D eigenvalue weighted by Gasteiger charge is 2.02. The minimum Gasteiger partial charge on any atom is -0.380 e. The lowest BCUT2D eigenvalue weighted by atomic mass is 10.2. The summed E-state index contributed by atoms with van der Waals surface area (Å²) in [6, 6.07) is 9.45. The van der Waals surface area contributed by atoms with E-state index >= 15 is 0 Å². The predicted molar refractivity (Wildman–Crippen MR) is 69.5 cm³/mol. The van der Waals surface area contributed by atoms with E-state index in [2.05, 4.69) is 10.3 Å². The van der Waals surface area contributed by atoms with Crippen molar-refractivity contribution in [3.8, 4) is 0 Å². The van der Waals surface area contributed by atoms with Crippen LogP contribution < -0.4 is 10.9 Å². The van der Waals surface area contributed by atoms with Crippen LogP contribution in [0.25, 0.3) is 10.8 Å². The van der Waals surface area contributed by atoms with Crippen LogP contribution in [0, 0.1) is 0 Å². The summed E-state index contributed by atoms with van der Waals surface area (Å²) >= 11 is 0. The molecule has 0 radical (unpaired) electrons. The topological polar surface area (TPSA) is 54.1 Å². The second kappa shape index (κ2) is 5.01. The molecule has 1 aromatic heterocycles. The number of rotatable bonds is 4. The Morgan fingerprint density at radius 3 is 2.94 bits per heavy atom. The molecule has 1 aromatic carbocycles. The van der Waals surface area contributed by atoms with Gasteiger partial charge in [0.25, 0.3) is 5.56 Å². The number of benzene rings is 1. The minimum absolute atomic E-state index is 0.0735. The zero-order valence-electron chi connectivity index (χ0n) is 9.99. The number of anilines is 1. The summed E-state index contributed by atoms with van der Waals surface area (Å²) in [5.74, 6) is 0.720. The van der Waals surface area contributed by atoms with Gasteiger partial charge in [-0.3, -0.25) is 4.79 Å². The molecule has 0 aliphatic heterocycles. The van der Waals surface area contributed by atoms with E-state index in [-0.39, 0.29) is 11.7 Å². The zero-order valence-corrected chi connectivity index (χ0v) is 9.99. The predicted octanol–water partition coefficient (Wildman–Crippen LogP) is 1.97.